The monoisotopic (exact) mass is 267 g/mol. The van der Waals surface area contributed by atoms with E-state index in [1.165, 1.54) is 18.3 Å². The molecule has 0 radical (unpaired) electrons. The minimum absolute atomic E-state index is 0.00907. The predicted molar refractivity (Wildman–Crippen MR) is 67.0 cm³/mol. The van der Waals surface area contributed by atoms with Crippen LogP contribution in [-0.4, -0.2) is 17.6 Å². The van der Waals surface area contributed by atoms with Gasteiger partial charge in [0.15, 0.2) is 0 Å². The number of pyridine rings is 1. The highest BCUT2D eigenvalue weighted by Gasteiger charge is 2.13. The van der Waals surface area contributed by atoms with Gasteiger partial charge in [0, 0.05) is 11.6 Å². The summed E-state index contributed by atoms with van der Waals surface area (Å²) in [5.41, 5.74) is 1.14. The molecule has 1 heterocycles. The van der Waals surface area contributed by atoms with Crippen molar-refractivity contribution in [1.82, 2.24) is 4.98 Å². The Kier molecular flexibility index (Phi) is 3.77. The van der Waals surface area contributed by atoms with Gasteiger partial charge in [-0.05, 0) is 30.7 Å². The van der Waals surface area contributed by atoms with Crippen molar-refractivity contribution in [1.29, 1.82) is 0 Å². The fourth-order valence-electron chi connectivity index (χ4n) is 1.73. The van der Waals surface area contributed by atoms with E-state index in [1.54, 1.807) is 13.0 Å². The number of halogens is 2. The maximum atomic E-state index is 13.2. The highest BCUT2D eigenvalue weighted by Crippen LogP contribution is 2.25. The van der Waals surface area contributed by atoms with Crippen LogP contribution in [0.25, 0.3) is 10.9 Å². The normalized spacial score (nSPS) is 10.6. The first kappa shape index (κ1) is 12.8. The van der Waals surface area contributed by atoms with Crippen molar-refractivity contribution in [3.8, 4) is 0 Å². The first-order valence-corrected chi connectivity index (χ1v) is 5.88. The van der Waals surface area contributed by atoms with Gasteiger partial charge in [0.2, 0.25) is 0 Å². The third-order valence-electron chi connectivity index (χ3n) is 2.52. The lowest BCUT2D eigenvalue weighted by Gasteiger charge is -2.08. The molecule has 0 aliphatic heterocycles. The molecule has 2 aromatic rings. The molecule has 0 aliphatic rings. The molecule has 18 heavy (non-hydrogen) atoms. The molecule has 1 aromatic heterocycles. The van der Waals surface area contributed by atoms with E-state index in [0.717, 1.165) is 0 Å². The number of carbonyl (C=O) groups is 1. The summed E-state index contributed by atoms with van der Waals surface area (Å²) < 4.78 is 18.1. The Morgan fingerprint density at radius 1 is 1.50 bits per heavy atom. The van der Waals surface area contributed by atoms with Crippen molar-refractivity contribution in [2.75, 3.05) is 6.61 Å². The van der Waals surface area contributed by atoms with Gasteiger partial charge in [0.1, 0.15) is 5.82 Å². The number of fused-ring (bicyclic) bond motifs is 1. The fourth-order valence-corrected chi connectivity index (χ4v) is 1.95. The molecule has 0 unspecified atom stereocenters. The predicted octanol–water partition coefficient (Wildman–Crippen LogP) is 3.13. The van der Waals surface area contributed by atoms with Crippen molar-refractivity contribution in [2.45, 2.75) is 13.3 Å². The summed E-state index contributed by atoms with van der Waals surface area (Å²) in [6, 6.07) is 4.19. The Morgan fingerprint density at radius 3 is 3.00 bits per heavy atom. The van der Waals surface area contributed by atoms with Crippen LogP contribution in [0.5, 0.6) is 0 Å². The number of carbonyl (C=O) groups excluding carboxylic acids is 1. The van der Waals surface area contributed by atoms with Gasteiger partial charge in [-0.2, -0.15) is 0 Å². The molecule has 0 N–H and O–H groups in total. The smallest absolute Gasteiger partial charge is 0.310 e. The van der Waals surface area contributed by atoms with Gasteiger partial charge in [0.05, 0.1) is 23.6 Å². The van der Waals surface area contributed by atoms with Crippen LogP contribution in [0.3, 0.4) is 0 Å². The number of ether oxygens (including phenoxy) is 1. The average Bonchev–Trinajstić information content (AvgIpc) is 2.33. The topological polar surface area (TPSA) is 39.2 Å². The van der Waals surface area contributed by atoms with Gasteiger partial charge in [-0.3, -0.25) is 9.78 Å². The molecule has 5 heteroatoms. The lowest BCUT2D eigenvalue weighted by atomic mass is 10.1. The zero-order valence-electron chi connectivity index (χ0n) is 9.74. The van der Waals surface area contributed by atoms with Gasteiger partial charge < -0.3 is 4.74 Å². The van der Waals surface area contributed by atoms with Crippen LogP contribution in [0.1, 0.15) is 12.5 Å². The van der Waals surface area contributed by atoms with E-state index in [0.29, 0.717) is 28.1 Å². The molecule has 0 spiro atoms. The molecule has 3 nitrogen and oxygen atoms in total. The van der Waals surface area contributed by atoms with E-state index < -0.39 is 11.8 Å². The maximum Gasteiger partial charge on any atom is 0.310 e. The molecular formula is C13H11ClFNO2. The van der Waals surface area contributed by atoms with E-state index in [-0.39, 0.29) is 6.42 Å². The highest BCUT2D eigenvalue weighted by atomic mass is 35.5. The molecule has 0 saturated heterocycles. The van der Waals surface area contributed by atoms with Gasteiger partial charge in [-0.1, -0.05) is 11.6 Å². The second-order valence-corrected chi connectivity index (χ2v) is 4.14. The molecule has 94 valence electrons. The van der Waals surface area contributed by atoms with Crippen molar-refractivity contribution in [3.63, 3.8) is 0 Å². The van der Waals surface area contributed by atoms with Gasteiger partial charge >= 0.3 is 5.97 Å². The molecule has 0 fully saturated rings. The molecule has 0 bridgehead atoms. The molecule has 1 aromatic carbocycles. The number of esters is 1. The zero-order valence-corrected chi connectivity index (χ0v) is 10.5. The number of aromatic nitrogens is 1. The fraction of sp³-hybridized carbons (Fsp3) is 0.231. The summed E-state index contributed by atoms with van der Waals surface area (Å²) >= 11 is 6.01. The summed E-state index contributed by atoms with van der Waals surface area (Å²) in [5.74, 6) is -0.784. The van der Waals surface area contributed by atoms with E-state index in [4.69, 9.17) is 16.3 Å². The molecule has 0 aliphatic carbocycles. The summed E-state index contributed by atoms with van der Waals surface area (Å²) in [6.45, 7) is 2.03. The highest BCUT2D eigenvalue weighted by molar-refractivity contribution is 6.32. The van der Waals surface area contributed by atoms with Crippen LogP contribution in [0, 0.1) is 5.82 Å². The third kappa shape index (κ3) is 2.59. The molecule has 2 rings (SSSR count). The summed E-state index contributed by atoms with van der Waals surface area (Å²) in [4.78, 5) is 15.6. The Bertz CT molecular complexity index is 596. The zero-order chi connectivity index (χ0) is 13.1. The summed E-state index contributed by atoms with van der Waals surface area (Å²) in [7, 11) is 0. The average molecular weight is 268 g/mol. The molecule has 0 saturated carbocycles. The summed E-state index contributed by atoms with van der Waals surface area (Å²) in [5, 5.41) is 0.872. The molecule has 0 amide bonds. The lowest BCUT2D eigenvalue weighted by molar-refractivity contribution is -0.142. The largest absolute Gasteiger partial charge is 0.466 e. The van der Waals surface area contributed by atoms with Crippen LogP contribution in [0.4, 0.5) is 4.39 Å². The van der Waals surface area contributed by atoms with Crippen molar-refractivity contribution < 1.29 is 13.9 Å². The number of benzene rings is 1. The quantitative estimate of drug-likeness (QED) is 0.802. The van der Waals surface area contributed by atoms with Crippen molar-refractivity contribution in [2.24, 2.45) is 0 Å². The first-order valence-electron chi connectivity index (χ1n) is 5.50. The Labute approximate surface area is 109 Å². The van der Waals surface area contributed by atoms with E-state index in [2.05, 4.69) is 4.98 Å². The SMILES string of the molecule is CCOC(=O)Cc1c(Cl)cnc2ccc(F)cc12. The second kappa shape index (κ2) is 5.31. The molecular weight excluding hydrogens is 257 g/mol. The van der Waals surface area contributed by atoms with Crippen LogP contribution in [-0.2, 0) is 16.0 Å². The number of hydrogen-bond acceptors (Lipinski definition) is 3. The summed E-state index contributed by atoms with van der Waals surface area (Å²) in [6.07, 6.45) is 1.46. The maximum absolute atomic E-state index is 13.2. The van der Waals surface area contributed by atoms with Crippen molar-refractivity contribution in [3.05, 3.63) is 40.8 Å². The Hall–Kier alpha value is -1.68. The number of hydrogen-bond donors (Lipinski definition) is 0. The van der Waals surface area contributed by atoms with Crippen LogP contribution >= 0.6 is 11.6 Å². The molecule has 0 atom stereocenters. The van der Waals surface area contributed by atoms with Crippen LogP contribution < -0.4 is 0 Å². The van der Waals surface area contributed by atoms with Crippen molar-refractivity contribution >= 4 is 28.5 Å². The van der Waals surface area contributed by atoms with Gasteiger partial charge in [-0.25, -0.2) is 4.39 Å². The first-order chi connectivity index (χ1) is 8.61. The van der Waals surface area contributed by atoms with E-state index in [9.17, 15) is 9.18 Å². The Balaban J connectivity index is 2.50. The lowest BCUT2D eigenvalue weighted by Crippen LogP contribution is -2.08. The standard InChI is InChI=1S/C13H11ClFNO2/c1-2-18-13(17)6-9-10-5-8(15)3-4-12(10)16-7-11(9)14/h3-5,7H,2,6H2,1H3. The minimum Gasteiger partial charge on any atom is -0.466 e. The number of rotatable bonds is 3. The van der Waals surface area contributed by atoms with E-state index >= 15 is 0 Å². The Morgan fingerprint density at radius 2 is 2.28 bits per heavy atom. The van der Waals surface area contributed by atoms with Crippen LogP contribution in [0.2, 0.25) is 5.02 Å². The number of nitrogens with zero attached hydrogens (tertiary/aromatic N) is 1. The van der Waals surface area contributed by atoms with Gasteiger partial charge in [-0.15, -0.1) is 0 Å². The third-order valence-corrected chi connectivity index (χ3v) is 2.84. The minimum atomic E-state index is -0.392. The second-order valence-electron chi connectivity index (χ2n) is 3.73. The van der Waals surface area contributed by atoms with Crippen LogP contribution in [0.15, 0.2) is 24.4 Å². The van der Waals surface area contributed by atoms with Gasteiger partial charge in [0.25, 0.3) is 0 Å². The van der Waals surface area contributed by atoms with E-state index in [1.807, 2.05) is 0 Å².